The van der Waals surface area contributed by atoms with Crippen LogP contribution in [0.15, 0.2) is 12.5 Å². The van der Waals surface area contributed by atoms with Crippen molar-refractivity contribution in [2.75, 3.05) is 13.1 Å². The first kappa shape index (κ1) is 11.2. The van der Waals surface area contributed by atoms with Crippen LogP contribution >= 0.6 is 0 Å². The molecule has 0 aliphatic heterocycles. The Morgan fingerprint density at radius 2 is 2.14 bits per heavy atom. The molecule has 0 aliphatic rings. The highest BCUT2D eigenvalue weighted by atomic mass is 15.1. The molecule has 0 atom stereocenters. The second-order valence-corrected chi connectivity index (χ2v) is 4.58. The average Bonchev–Trinajstić information content (AvgIpc) is 2.52. The van der Waals surface area contributed by atoms with Crippen molar-refractivity contribution in [3.8, 4) is 0 Å². The van der Waals surface area contributed by atoms with E-state index in [-0.39, 0.29) is 5.41 Å². The van der Waals surface area contributed by atoms with Crippen LogP contribution in [0, 0.1) is 0 Å². The minimum absolute atomic E-state index is 0.183. The molecule has 0 spiro atoms. The lowest BCUT2D eigenvalue weighted by molar-refractivity contribution is 0.505. The molecule has 1 heterocycles. The summed E-state index contributed by atoms with van der Waals surface area (Å²) < 4.78 is 2.22. The summed E-state index contributed by atoms with van der Waals surface area (Å²) in [4.78, 5) is 4.20. The number of rotatable bonds is 4. The average molecular weight is 195 g/mol. The zero-order valence-electron chi connectivity index (χ0n) is 9.67. The van der Waals surface area contributed by atoms with E-state index in [9.17, 15) is 0 Å². The Morgan fingerprint density at radius 1 is 1.43 bits per heavy atom. The first-order chi connectivity index (χ1) is 6.55. The van der Waals surface area contributed by atoms with E-state index in [2.05, 4.69) is 42.6 Å². The maximum atomic E-state index is 4.20. The number of aromatic nitrogens is 2. The summed E-state index contributed by atoms with van der Waals surface area (Å²) in [6.45, 7) is 11.8. The molecule has 0 bridgehead atoms. The molecule has 0 fully saturated rings. The predicted octanol–water partition coefficient (Wildman–Crippen LogP) is 1.79. The number of imidazole rings is 1. The number of hydrogen-bond acceptors (Lipinski definition) is 2. The van der Waals surface area contributed by atoms with Crippen LogP contribution in [0.25, 0.3) is 0 Å². The Balaban J connectivity index is 2.63. The van der Waals surface area contributed by atoms with Crippen LogP contribution < -0.4 is 5.32 Å². The quantitative estimate of drug-likeness (QED) is 0.742. The summed E-state index contributed by atoms with van der Waals surface area (Å²) in [6.07, 6.45) is 3.88. The number of hydrogen-bond donors (Lipinski definition) is 1. The van der Waals surface area contributed by atoms with Gasteiger partial charge in [0.25, 0.3) is 0 Å². The second-order valence-electron chi connectivity index (χ2n) is 4.58. The van der Waals surface area contributed by atoms with Crippen molar-refractivity contribution in [1.82, 2.24) is 14.9 Å². The molecule has 1 N–H and O–H groups in total. The molecule has 0 unspecified atom stereocenters. The lowest BCUT2D eigenvalue weighted by Crippen LogP contribution is -2.23. The van der Waals surface area contributed by atoms with Gasteiger partial charge < -0.3 is 9.88 Å². The molecule has 0 aromatic carbocycles. The van der Waals surface area contributed by atoms with Crippen LogP contribution in [0.2, 0.25) is 0 Å². The summed E-state index contributed by atoms with van der Waals surface area (Å²) in [7, 11) is 0. The largest absolute Gasteiger partial charge is 0.333 e. The van der Waals surface area contributed by atoms with Gasteiger partial charge in [-0.05, 0) is 6.54 Å². The Hall–Kier alpha value is -0.830. The Bertz CT molecular complexity index is 270. The molecule has 3 heteroatoms. The first-order valence-corrected chi connectivity index (χ1v) is 5.27. The molecule has 0 amide bonds. The van der Waals surface area contributed by atoms with Gasteiger partial charge in [-0.3, -0.25) is 0 Å². The third-order valence-corrected chi connectivity index (χ3v) is 2.26. The van der Waals surface area contributed by atoms with E-state index in [1.807, 2.05) is 12.5 Å². The van der Waals surface area contributed by atoms with Crippen molar-refractivity contribution in [1.29, 1.82) is 0 Å². The van der Waals surface area contributed by atoms with Crippen LogP contribution in [0.5, 0.6) is 0 Å². The van der Waals surface area contributed by atoms with Crippen molar-refractivity contribution in [3.63, 3.8) is 0 Å². The van der Waals surface area contributed by atoms with Gasteiger partial charge >= 0.3 is 0 Å². The number of nitrogens with one attached hydrogen (secondary N) is 1. The standard InChI is InChI=1S/C11H21N3/c1-5-12-6-7-14-9-13-8-10(14)11(2,3)4/h8-9,12H,5-7H2,1-4H3. The van der Waals surface area contributed by atoms with E-state index in [4.69, 9.17) is 0 Å². The van der Waals surface area contributed by atoms with E-state index in [1.54, 1.807) is 0 Å². The zero-order chi connectivity index (χ0) is 10.6. The highest BCUT2D eigenvalue weighted by Crippen LogP contribution is 2.21. The molecule has 3 nitrogen and oxygen atoms in total. The molecule has 80 valence electrons. The van der Waals surface area contributed by atoms with Crippen LogP contribution in [0.1, 0.15) is 33.4 Å². The van der Waals surface area contributed by atoms with Crippen LogP contribution in [-0.2, 0) is 12.0 Å². The minimum Gasteiger partial charge on any atom is -0.333 e. The SMILES string of the molecule is CCNCCn1cncc1C(C)(C)C. The van der Waals surface area contributed by atoms with Gasteiger partial charge in [-0.15, -0.1) is 0 Å². The normalized spacial score (nSPS) is 12.0. The van der Waals surface area contributed by atoms with E-state index >= 15 is 0 Å². The van der Waals surface area contributed by atoms with Gasteiger partial charge in [-0.25, -0.2) is 4.98 Å². The van der Waals surface area contributed by atoms with Gasteiger partial charge in [0.2, 0.25) is 0 Å². The van der Waals surface area contributed by atoms with Gasteiger partial charge in [-0.2, -0.15) is 0 Å². The minimum atomic E-state index is 0.183. The van der Waals surface area contributed by atoms with E-state index < -0.39 is 0 Å². The Morgan fingerprint density at radius 3 is 2.71 bits per heavy atom. The molecular formula is C11H21N3. The fourth-order valence-electron chi connectivity index (χ4n) is 1.50. The maximum Gasteiger partial charge on any atom is 0.0948 e. The van der Waals surface area contributed by atoms with E-state index in [0.717, 1.165) is 19.6 Å². The smallest absolute Gasteiger partial charge is 0.0948 e. The fourth-order valence-corrected chi connectivity index (χ4v) is 1.50. The first-order valence-electron chi connectivity index (χ1n) is 5.27. The molecule has 1 aromatic heterocycles. The number of nitrogens with zero attached hydrogens (tertiary/aromatic N) is 2. The molecule has 0 radical (unpaired) electrons. The lowest BCUT2D eigenvalue weighted by Gasteiger charge is -2.20. The molecule has 0 aliphatic carbocycles. The van der Waals surface area contributed by atoms with Crippen LogP contribution in [0.4, 0.5) is 0 Å². The second kappa shape index (κ2) is 4.60. The highest BCUT2D eigenvalue weighted by Gasteiger charge is 2.17. The molecule has 1 rings (SSSR count). The van der Waals surface area contributed by atoms with Crippen molar-refractivity contribution < 1.29 is 0 Å². The van der Waals surface area contributed by atoms with Gasteiger partial charge in [0.15, 0.2) is 0 Å². The highest BCUT2D eigenvalue weighted by molar-refractivity contribution is 5.10. The van der Waals surface area contributed by atoms with E-state index in [0.29, 0.717) is 0 Å². The van der Waals surface area contributed by atoms with Crippen molar-refractivity contribution in [2.45, 2.75) is 39.7 Å². The summed E-state index contributed by atoms with van der Waals surface area (Å²) in [5, 5.41) is 3.32. The van der Waals surface area contributed by atoms with Gasteiger partial charge in [0.05, 0.1) is 6.33 Å². The molecule has 0 saturated carbocycles. The Kier molecular flexibility index (Phi) is 3.69. The van der Waals surface area contributed by atoms with E-state index in [1.165, 1.54) is 5.69 Å². The van der Waals surface area contributed by atoms with Crippen LogP contribution in [-0.4, -0.2) is 22.6 Å². The summed E-state index contributed by atoms with van der Waals surface area (Å²) in [5.41, 5.74) is 1.48. The van der Waals surface area contributed by atoms with Crippen molar-refractivity contribution in [3.05, 3.63) is 18.2 Å². The fraction of sp³-hybridized carbons (Fsp3) is 0.727. The van der Waals surface area contributed by atoms with Gasteiger partial charge in [0, 0.05) is 30.4 Å². The molecular weight excluding hydrogens is 174 g/mol. The van der Waals surface area contributed by atoms with Crippen LogP contribution in [0.3, 0.4) is 0 Å². The predicted molar refractivity (Wildman–Crippen MR) is 59.5 cm³/mol. The number of likely N-dealkylation sites (N-methyl/N-ethyl adjacent to an activating group) is 1. The van der Waals surface area contributed by atoms with Gasteiger partial charge in [-0.1, -0.05) is 27.7 Å². The zero-order valence-corrected chi connectivity index (χ0v) is 9.67. The third kappa shape index (κ3) is 2.84. The Labute approximate surface area is 86.5 Å². The summed E-state index contributed by atoms with van der Waals surface area (Å²) in [6, 6.07) is 0. The topological polar surface area (TPSA) is 29.9 Å². The molecule has 0 saturated heterocycles. The lowest BCUT2D eigenvalue weighted by atomic mass is 9.92. The third-order valence-electron chi connectivity index (χ3n) is 2.26. The van der Waals surface area contributed by atoms with Crippen molar-refractivity contribution >= 4 is 0 Å². The monoisotopic (exact) mass is 195 g/mol. The van der Waals surface area contributed by atoms with Gasteiger partial charge in [0.1, 0.15) is 0 Å². The maximum absolute atomic E-state index is 4.20. The summed E-state index contributed by atoms with van der Waals surface area (Å²) in [5.74, 6) is 0. The summed E-state index contributed by atoms with van der Waals surface area (Å²) >= 11 is 0. The molecule has 14 heavy (non-hydrogen) atoms. The molecule has 1 aromatic rings. The van der Waals surface area contributed by atoms with Crippen molar-refractivity contribution in [2.24, 2.45) is 0 Å².